The molecule has 0 bridgehead atoms. The summed E-state index contributed by atoms with van der Waals surface area (Å²) in [6.45, 7) is 0. The second kappa shape index (κ2) is 6.62. The Bertz CT molecular complexity index is 457. The Morgan fingerprint density at radius 2 is 1.32 bits per heavy atom. The largest absolute Gasteiger partial charge is 0.508 e. The van der Waals surface area contributed by atoms with Gasteiger partial charge in [0.25, 0.3) is 0 Å². The lowest BCUT2D eigenvalue weighted by Crippen LogP contribution is -2.28. The van der Waals surface area contributed by atoms with Crippen LogP contribution in [0, 0.1) is 0 Å². The number of phenols is 1. The zero-order valence-electron chi connectivity index (χ0n) is 8.86. The van der Waals surface area contributed by atoms with Crippen molar-refractivity contribution in [2.45, 2.75) is 18.3 Å². The van der Waals surface area contributed by atoms with Gasteiger partial charge in [0.1, 0.15) is 15.4 Å². The molecule has 0 aromatic heterocycles. The van der Waals surface area contributed by atoms with E-state index in [1.807, 2.05) is 0 Å². The SMILES string of the molecule is Oc1cccc(C(Cl)(Cl)C(Cl)Cl)c1C(Cl)(Cl)C(Cl)Cl. The molecule has 0 aliphatic heterocycles. The quantitative estimate of drug-likeness (QED) is 0.564. The van der Waals surface area contributed by atoms with E-state index < -0.39 is 18.3 Å². The Labute approximate surface area is 150 Å². The highest BCUT2D eigenvalue weighted by Gasteiger charge is 2.45. The highest BCUT2D eigenvalue weighted by Crippen LogP contribution is 2.53. The van der Waals surface area contributed by atoms with Gasteiger partial charge < -0.3 is 5.11 Å². The fourth-order valence-electron chi connectivity index (χ4n) is 1.39. The molecule has 0 aliphatic rings. The maximum atomic E-state index is 9.93. The van der Waals surface area contributed by atoms with Gasteiger partial charge in [0.15, 0.2) is 8.67 Å². The van der Waals surface area contributed by atoms with Crippen LogP contribution in [0.5, 0.6) is 5.75 Å². The van der Waals surface area contributed by atoms with Crippen LogP contribution in [0.1, 0.15) is 11.1 Å². The lowest BCUT2D eigenvalue weighted by Gasteiger charge is -2.30. The van der Waals surface area contributed by atoms with Gasteiger partial charge >= 0.3 is 0 Å². The lowest BCUT2D eigenvalue weighted by molar-refractivity contribution is 0.464. The summed E-state index contributed by atoms with van der Waals surface area (Å²) in [6, 6.07) is 4.27. The summed E-state index contributed by atoms with van der Waals surface area (Å²) >= 11 is 47.1. The van der Waals surface area contributed by atoms with Crippen LogP contribution >= 0.6 is 92.8 Å². The van der Waals surface area contributed by atoms with Crippen LogP contribution in [0.2, 0.25) is 0 Å². The van der Waals surface area contributed by atoms with Gasteiger partial charge in [-0.05, 0) is 6.07 Å². The van der Waals surface area contributed by atoms with Crippen molar-refractivity contribution < 1.29 is 5.11 Å². The summed E-state index contributed by atoms with van der Waals surface area (Å²) in [5.41, 5.74) is 0.0618. The summed E-state index contributed by atoms with van der Waals surface area (Å²) in [5, 5.41) is 9.93. The van der Waals surface area contributed by atoms with Crippen molar-refractivity contribution in [3.63, 3.8) is 0 Å². The maximum absolute atomic E-state index is 9.93. The predicted molar refractivity (Wildman–Crippen MR) is 85.9 cm³/mol. The first-order valence-electron chi connectivity index (χ1n) is 4.67. The molecule has 0 heterocycles. The molecule has 0 spiro atoms. The number of alkyl halides is 8. The Balaban J connectivity index is 3.57. The van der Waals surface area contributed by atoms with E-state index in [2.05, 4.69) is 0 Å². The van der Waals surface area contributed by atoms with Crippen molar-refractivity contribution in [1.29, 1.82) is 0 Å². The summed E-state index contributed by atoms with van der Waals surface area (Å²) in [4.78, 5) is -2.46. The van der Waals surface area contributed by atoms with E-state index in [0.717, 1.165) is 0 Å². The summed E-state index contributed by atoms with van der Waals surface area (Å²) < 4.78 is -3.60. The summed E-state index contributed by atoms with van der Waals surface area (Å²) in [5.74, 6) is -0.284. The van der Waals surface area contributed by atoms with Crippen LogP contribution in [0.15, 0.2) is 18.2 Å². The van der Waals surface area contributed by atoms with Crippen molar-refractivity contribution in [1.82, 2.24) is 0 Å². The van der Waals surface area contributed by atoms with Gasteiger partial charge in [-0.25, -0.2) is 0 Å². The second-order valence-electron chi connectivity index (χ2n) is 3.55. The second-order valence-corrected chi connectivity index (χ2v) is 8.51. The van der Waals surface area contributed by atoms with Gasteiger partial charge in [0.05, 0.1) is 0 Å². The zero-order valence-corrected chi connectivity index (χ0v) is 14.9. The number of hydrogen-bond donors (Lipinski definition) is 1. The number of rotatable bonds is 4. The minimum Gasteiger partial charge on any atom is -0.508 e. The molecule has 1 aromatic carbocycles. The van der Waals surface area contributed by atoms with Crippen LogP contribution in [0.3, 0.4) is 0 Å². The van der Waals surface area contributed by atoms with Gasteiger partial charge in [-0.1, -0.05) is 58.5 Å². The van der Waals surface area contributed by atoms with E-state index in [0.29, 0.717) is 0 Å². The third-order valence-corrected chi connectivity index (χ3v) is 6.14. The molecular weight excluding hydrogens is 420 g/mol. The molecule has 0 saturated carbocycles. The van der Waals surface area contributed by atoms with Gasteiger partial charge in [-0.2, -0.15) is 0 Å². The van der Waals surface area contributed by atoms with Crippen molar-refractivity contribution in [3.8, 4) is 5.75 Å². The van der Waals surface area contributed by atoms with E-state index in [9.17, 15) is 5.11 Å². The fourth-order valence-corrected chi connectivity index (χ4v) is 2.56. The van der Waals surface area contributed by atoms with Crippen molar-refractivity contribution >= 4 is 92.8 Å². The Morgan fingerprint density at radius 1 is 0.842 bits per heavy atom. The first-order valence-corrected chi connectivity index (χ1v) is 7.93. The molecule has 0 saturated heterocycles. The van der Waals surface area contributed by atoms with E-state index in [4.69, 9.17) is 92.8 Å². The van der Waals surface area contributed by atoms with E-state index >= 15 is 0 Å². The first-order chi connectivity index (χ1) is 8.52. The molecule has 1 aromatic rings. The van der Waals surface area contributed by atoms with Crippen molar-refractivity contribution in [3.05, 3.63) is 29.3 Å². The average molecular weight is 426 g/mol. The normalized spacial score (nSPS) is 13.4. The van der Waals surface area contributed by atoms with Gasteiger partial charge in [-0.15, -0.1) is 46.4 Å². The molecule has 1 N–H and O–H groups in total. The number of phenolic OH excluding ortho intramolecular Hbond substituents is 1. The molecular formula is C10H6Cl8O. The molecule has 1 nitrogen and oxygen atoms in total. The van der Waals surface area contributed by atoms with Gasteiger partial charge in [0.2, 0.25) is 0 Å². The highest BCUT2D eigenvalue weighted by atomic mass is 35.5. The molecule has 19 heavy (non-hydrogen) atoms. The van der Waals surface area contributed by atoms with Crippen LogP contribution in [0.4, 0.5) is 0 Å². The van der Waals surface area contributed by atoms with Crippen molar-refractivity contribution in [2.24, 2.45) is 0 Å². The minimum atomic E-state index is -1.85. The van der Waals surface area contributed by atoms with E-state index in [-0.39, 0.29) is 16.9 Å². The lowest BCUT2D eigenvalue weighted by atomic mass is 10.0. The molecule has 0 radical (unpaired) electrons. The third kappa shape index (κ3) is 3.76. The van der Waals surface area contributed by atoms with Crippen molar-refractivity contribution in [2.75, 3.05) is 0 Å². The highest BCUT2D eigenvalue weighted by molar-refractivity contribution is 6.61. The molecule has 108 valence electrons. The van der Waals surface area contributed by atoms with Crippen LogP contribution < -0.4 is 0 Å². The fraction of sp³-hybridized carbons (Fsp3) is 0.400. The Hall–Kier alpha value is 1.34. The van der Waals surface area contributed by atoms with Crippen LogP contribution in [-0.4, -0.2) is 14.8 Å². The molecule has 0 aliphatic carbocycles. The third-order valence-electron chi connectivity index (χ3n) is 2.28. The average Bonchev–Trinajstić information content (AvgIpc) is 2.27. The number of halogens is 8. The topological polar surface area (TPSA) is 20.2 Å². The smallest absolute Gasteiger partial charge is 0.176 e. The van der Waals surface area contributed by atoms with Crippen LogP contribution in [0.25, 0.3) is 0 Å². The van der Waals surface area contributed by atoms with E-state index in [1.165, 1.54) is 18.2 Å². The number of aromatic hydroxyl groups is 1. The molecule has 0 atom stereocenters. The van der Waals surface area contributed by atoms with Gasteiger partial charge in [0, 0.05) is 11.1 Å². The van der Waals surface area contributed by atoms with Gasteiger partial charge in [-0.3, -0.25) is 0 Å². The minimum absolute atomic E-state index is 0.0513. The molecule has 0 fully saturated rings. The number of hydrogen-bond acceptors (Lipinski definition) is 1. The monoisotopic (exact) mass is 422 g/mol. The summed E-state index contributed by atoms with van der Waals surface area (Å²) in [6.07, 6.45) is 0. The standard InChI is InChI=1S/C10H6Cl8O/c11-7(12)9(15,16)4-2-1-3-5(19)6(4)10(17,18)8(13)14/h1-3,7-8,19H. The van der Waals surface area contributed by atoms with E-state index in [1.54, 1.807) is 0 Å². The molecule has 1 rings (SSSR count). The Kier molecular flexibility index (Phi) is 6.41. The predicted octanol–water partition coefficient (Wildman–Crippen LogP) is 6.26. The van der Waals surface area contributed by atoms with Crippen LogP contribution in [-0.2, 0) is 8.67 Å². The number of benzene rings is 1. The molecule has 9 heteroatoms. The molecule has 0 amide bonds. The first kappa shape index (κ1) is 18.4. The Morgan fingerprint density at radius 3 is 1.74 bits per heavy atom. The molecule has 0 unspecified atom stereocenters. The zero-order chi connectivity index (χ0) is 15.0. The summed E-state index contributed by atoms with van der Waals surface area (Å²) in [7, 11) is 0. The maximum Gasteiger partial charge on any atom is 0.176 e.